The van der Waals surface area contributed by atoms with E-state index < -0.39 is 0 Å². The van der Waals surface area contributed by atoms with Crippen LogP contribution < -0.4 is 0 Å². The van der Waals surface area contributed by atoms with Gasteiger partial charge in [0.15, 0.2) is 0 Å². The van der Waals surface area contributed by atoms with Crippen molar-refractivity contribution in [1.82, 2.24) is 0 Å². The van der Waals surface area contributed by atoms with E-state index in [9.17, 15) is 0 Å². The van der Waals surface area contributed by atoms with Gasteiger partial charge in [-0.1, -0.05) is 0 Å². The fraction of sp³-hybridized carbons (Fsp3) is 0.714. The van der Waals surface area contributed by atoms with E-state index in [-0.39, 0.29) is 0 Å². The third kappa shape index (κ3) is 7.34. The first kappa shape index (κ1) is 8.34. The van der Waals surface area contributed by atoms with E-state index in [0.717, 1.165) is 25.9 Å². The van der Waals surface area contributed by atoms with Crippen LogP contribution in [0.25, 0.3) is 0 Å². The van der Waals surface area contributed by atoms with Crippen LogP contribution >= 0.6 is 0 Å². The Hall–Kier alpha value is -0.660. The molecule has 0 aromatic carbocycles. The lowest BCUT2D eigenvalue weighted by molar-refractivity contribution is 0.699. The smallest absolute Gasteiger partial charge is 0.0382 e. The van der Waals surface area contributed by atoms with E-state index >= 15 is 0 Å². The van der Waals surface area contributed by atoms with Crippen LogP contribution in [0.5, 0.6) is 0 Å². The number of aliphatic imine (C=N–C) groups is 2. The van der Waals surface area contributed by atoms with Gasteiger partial charge in [-0.2, -0.15) is 0 Å². The lowest BCUT2D eigenvalue weighted by Crippen LogP contribution is -1.83. The van der Waals surface area contributed by atoms with Gasteiger partial charge in [0.1, 0.15) is 0 Å². The molecule has 0 saturated carbocycles. The van der Waals surface area contributed by atoms with E-state index in [4.69, 9.17) is 0 Å². The molecule has 0 aromatic rings. The van der Waals surface area contributed by atoms with Crippen LogP contribution in [-0.2, 0) is 0 Å². The molecule has 0 fully saturated rings. The van der Waals surface area contributed by atoms with Crippen LogP contribution in [0.1, 0.15) is 19.3 Å². The Morgan fingerprint density at radius 1 is 0.778 bits per heavy atom. The molecule has 0 aliphatic carbocycles. The van der Waals surface area contributed by atoms with Crippen molar-refractivity contribution in [1.29, 1.82) is 0 Å². The molecule has 0 unspecified atom stereocenters. The molecule has 0 heterocycles. The van der Waals surface area contributed by atoms with E-state index in [1.165, 1.54) is 6.42 Å². The molecule has 9 heavy (non-hydrogen) atoms. The van der Waals surface area contributed by atoms with Crippen LogP contribution in [0.15, 0.2) is 9.98 Å². The fourth-order valence-electron chi connectivity index (χ4n) is 0.624. The SMILES string of the molecule is C=NCCCCCN=C. The number of rotatable bonds is 6. The van der Waals surface area contributed by atoms with E-state index in [0.29, 0.717) is 0 Å². The summed E-state index contributed by atoms with van der Waals surface area (Å²) in [6.45, 7) is 8.56. The minimum absolute atomic E-state index is 0.886. The topological polar surface area (TPSA) is 24.7 Å². The number of hydrogen-bond donors (Lipinski definition) is 0. The number of hydrogen-bond acceptors (Lipinski definition) is 2. The van der Waals surface area contributed by atoms with Crippen molar-refractivity contribution in [3.05, 3.63) is 0 Å². The molecular weight excluding hydrogens is 112 g/mol. The van der Waals surface area contributed by atoms with Crippen molar-refractivity contribution in [2.45, 2.75) is 19.3 Å². The predicted octanol–water partition coefficient (Wildman–Crippen LogP) is 1.56. The average Bonchev–Trinajstić information content (AvgIpc) is 1.89. The largest absolute Gasteiger partial charge is 0.301 e. The standard InChI is InChI=1S/C7H14N2/c1-8-6-4-3-5-7-9-2/h1-7H2. The van der Waals surface area contributed by atoms with Crippen LogP contribution in [0.3, 0.4) is 0 Å². The quantitative estimate of drug-likeness (QED) is 0.381. The van der Waals surface area contributed by atoms with E-state index in [1.807, 2.05) is 0 Å². The zero-order valence-electron chi connectivity index (χ0n) is 5.84. The third-order valence-corrected chi connectivity index (χ3v) is 1.13. The molecule has 0 atom stereocenters. The molecule has 2 nitrogen and oxygen atoms in total. The molecule has 0 N–H and O–H groups in total. The first-order valence-electron chi connectivity index (χ1n) is 3.26. The summed E-state index contributed by atoms with van der Waals surface area (Å²) in [4.78, 5) is 7.47. The zero-order chi connectivity index (χ0) is 6.95. The Bertz CT molecular complexity index is 69.0. The Balaban J connectivity index is 2.74. The van der Waals surface area contributed by atoms with Crippen LogP contribution in [-0.4, -0.2) is 26.5 Å². The van der Waals surface area contributed by atoms with Crippen LogP contribution in [0.2, 0.25) is 0 Å². The summed E-state index contributed by atoms with van der Waals surface area (Å²) in [5, 5.41) is 0. The molecule has 0 amide bonds. The summed E-state index contributed by atoms with van der Waals surface area (Å²) < 4.78 is 0. The monoisotopic (exact) mass is 126 g/mol. The van der Waals surface area contributed by atoms with Crippen molar-refractivity contribution >= 4 is 13.4 Å². The Morgan fingerprint density at radius 2 is 1.22 bits per heavy atom. The van der Waals surface area contributed by atoms with E-state index in [2.05, 4.69) is 23.4 Å². The summed E-state index contributed by atoms with van der Waals surface area (Å²) in [6.07, 6.45) is 3.47. The van der Waals surface area contributed by atoms with Gasteiger partial charge < -0.3 is 9.98 Å². The van der Waals surface area contributed by atoms with Gasteiger partial charge in [0, 0.05) is 13.1 Å². The van der Waals surface area contributed by atoms with Crippen molar-refractivity contribution in [3.63, 3.8) is 0 Å². The Kier molecular flexibility index (Phi) is 6.80. The summed E-state index contributed by atoms with van der Waals surface area (Å²) >= 11 is 0. The van der Waals surface area contributed by atoms with E-state index in [1.54, 1.807) is 0 Å². The first-order chi connectivity index (χ1) is 4.41. The molecule has 0 rings (SSSR count). The second kappa shape index (κ2) is 7.34. The van der Waals surface area contributed by atoms with Gasteiger partial charge in [-0.05, 0) is 32.7 Å². The minimum atomic E-state index is 0.886. The van der Waals surface area contributed by atoms with Gasteiger partial charge >= 0.3 is 0 Å². The fourth-order valence-corrected chi connectivity index (χ4v) is 0.624. The summed E-state index contributed by atoms with van der Waals surface area (Å²) in [7, 11) is 0. The van der Waals surface area contributed by atoms with Crippen molar-refractivity contribution < 1.29 is 0 Å². The molecule has 52 valence electrons. The van der Waals surface area contributed by atoms with Gasteiger partial charge in [0.05, 0.1) is 0 Å². The molecular formula is C7H14N2. The highest BCUT2D eigenvalue weighted by Crippen LogP contribution is 1.94. The van der Waals surface area contributed by atoms with Crippen LogP contribution in [0, 0.1) is 0 Å². The maximum Gasteiger partial charge on any atom is 0.0382 e. The molecule has 0 aliphatic rings. The summed E-state index contributed by atoms with van der Waals surface area (Å²) in [5.74, 6) is 0. The predicted molar refractivity (Wildman–Crippen MR) is 42.7 cm³/mol. The molecule has 2 heteroatoms. The summed E-state index contributed by atoms with van der Waals surface area (Å²) in [5.41, 5.74) is 0. The highest BCUT2D eigenvalue weighted by molar-refractivity contribution is 5.23. The van der Waals surface area contributed by atoms with Crippen molar-refractivity contribution in [2.75, 3.05) is 13.1 Å². The molecule has 0 aliphatic heterocycles. The first-order valence-corrected chi connectivity index (χ1v) is 3.26. The minimum Gasteiger partial charge on any atom is -0.301 e. The Labute approximate surface area is 56.7 Å². The lowest BCUT2D eigenvalue weighted by Gasteiger charge is -1.92. The van der Waals surface area contributed by atoms with Gasteiger partial charge in [0.2, 0.25) is 0 Å². The molecule has 0 saturated heterocycles. The van der Waals surface area contributed by atoms with Gasteiger partial charge in [-0.25, -0.2) is 0 Å². The second-order valence-corrected chi connectivity index (χ2v) is 1.96. The van der Waals surface area contributed by atoms with Crippen molar-refractivity contribution in [3.8, 4) is 0 Å². The number of nitrogens with zero attached hydrogens (tertiary/aromatic N) is 2. The highest BCUT2D eigenvalue weighted by atomic mass is 14.7. The lowest BCUT2D eigenvalue weighted by atomic mass is 10.2. The molecule has 0 aromatic heterocycles. The molecule has 0 bridgehead atoms. The normalized spacial score (nSPS) is 8.89. The average molecular weight is 126 g/mol. The summed E-state index contributed by atoms with van der Waals surface area (Å²) in [6, 6.07) is 0. The van der Waals surface area contributed by atoms with Crippen molar-refractivity contribution in [2.24, 2.45) is 9.98 Å². The maximum atomic E-state index is 3.74. The molecule has 0 radical (unpaired) electrons. The van der Waals surface area contributed by atoms with Gasteiger partial charge in [-0.15, -0.1) is 0 Å². The molecule has 0 spiro atoms. The third-order valence-electron chi connectivity index (χ3n) is 1.13. The number of unbranched alkanes of at least 4 members (excludes halogenated alkanes) is 2. The van der Waals surface area contributed by atoms with Gasteiger partial charge in [-0.3, -0.25) is 0 Å². The Morgan fingerprint density at radius 3 is 1.56 bits per heavy atom. The van der Waals surface area contributed by atoms with Gasteiger partial charge in [0.25, 0.3) is 0 Å². The maximum absolute atomic E-state index is 3.74. The highest BCUT2D eigenvalue weighted by Gasteiger charge is 1.83. The second-order valence-electron chi connectivity index (χ2n) is 1.96. The van der Waals surface area contributed by atoms with Crippen LogP contribution in [0.4, 0.5) is 0 Å². The zero-order valence-corrected chi connectivity index (χ0v) is 5.84.